The van der Waals surface area contributed by atoms with Crippen molar-refractivity contribution < 1.29 is 15.0 Å². The first-order chi connectivity index (χ1) is 6.68. The number of aromatic carboxylic acids is 1. The van der Waals surface area contributed by atoms with Crippen molar-refractivity contribution in [3.05, 3.63) is 23.5 Å². The van der Waals surface area contributed by atoms with E-state index in [1.54, 1.807) is 0 Å². The van der Waals surface area contributed by atoms with Gasteiger partial charge in [0.1, 0.15) is 11.3 Å². The monoisotopic (exact) mass is 193 g/mol. The summed E-state index contributed by atoms with van der Waals surface area (Å²) in [5.74, 6) is -0.986. The predicted molar refractivity (Wildman–Crippen MR) is 49.5 cm³/mol. The van der Waals surface area contributed by atoms with Crippen molar-refractivity contribution in [2.45, 2.75) is 25.2 Å². The zero-order valence-electron chi connectivity index (χ0n) is 7.60. The van der Waals surface area contributed by atoms with Crippen LogP contribution in [0.5, 0.6) is 5.75 Å². The maximum Gasteiger partial charge on any atom is 0.339 e. The van der Waals surface area contributed by atoms with Crippen LogP contribution in [0.1, 0.15) is 41.2 Å². The van der Waals surface area contributed by atoms with Gasteiger partial charge in [0, 0.05) is 11.6 Å². The van der Waals surface area contributed by atoms with Crippen LogP contribution in [-0.4, -0.2) is 21.2 Å². The van der Waals surface area contributed by atoms with Crippen molar-refractivity contribution >= 4 is 5.97 Å². The minimum Gasteiger partial charge on any atom is -0.505 e. The van der Waals surface area contributed by atoms with Crippen molar-refractivity contribution in [3.63, 3.8) is 0 Å². The molecule has 74 valence electrons. The number of carboxylic acid groups (broad SMARTS) is 1. The molecule has 14 heavy (non-hydrogen) atoms. The Bertz CT molecular complexity index is 372. The topological polar surface area (TPSA) is 70.4 Å². The van der Waals surface area contributed by atoms with Crippen LogP contribution in [0.3, 0.4) is 0 Å². The Kier molecular flexibility index (Phi) is 2.11. The Hall–Kier alpha value is -1.58. The van der Waals surface area contributed by atoms with E-state index in [9.17, 15) is 9.90 Å². The summed E-state index contributed by atoms with van der Waals surface area (Å²) in [6.45, 7) is 0. The molecule has 0 aliphatic heterocycles. The van der Waals surface area contributed by atoms with Crippen LogP contribution in [0.25, 0.3) is 0 Å². The molecule has 0 amide bonds. The van der Waals surface area contributed by atoms with E-state index in [1.807, 2.05) is 0 Å². The summed E-state index contributed by atoms with van der Waals surface area (Å²) in [6.07, 6.45) is 4.53. The van der Waals surface area contributed by atoms with Crippen LogP contribution in [0.15, 0.2) is 12.3 Å². The lowest BCUT2D eigenvalue weighted by atomic mass is 9.82. The highest BCUT2D eigenvalue weighted by Gasteiger charge is 2.22. The Morgan fingerprint density at radius 1 is 1.50 bits per heavy atom. The maximum absolute atomic E-state index is 10.7. The van der Waals surface area contributed by atoms with Gasteiger partial charge in [-0.15, -0.1) is 0 Å². The molecule has 0 unspecified atom stereocenters. The number of hydrogen-bond donors (Lipinski definition) is 2. The lowest BCUT2D eigenvalue weighted by Gasteiger charge is -2.24. The molecule has 1 aliphatic carbocycles. The highest BCUT2D eigenvalue weighted by atomic mass is 16.4. The highest BCUT2D eigenvalue weighted by Crippen LogP contribution is 2.36. The predicted octanol–water partition coefficient (Wildman–Crippen LogP) is 1.75. The number of aromatic nitrogens is 1. The first kappa shape index (κ1) is 8.99. The molecule has 1 aromatic heterocycles. The molecule has 4 nitrogen and oxygen atoms in total. The van der Waals surface area contributed by atoms with E-state index in [0.29, 0.717) is 5.92 Å². The van der Waals surface area contributed by atoms with Gasteiger partial charge >= 0.3 is 5.97 Å². The Morgan fingerprint density at radius 3 is 2.71 bits per heavy atom. The molecule has 0 spiro atoms. The standard InChI is InChI=1S/C10H11NO3/c12-9-5-11-8(6-2-1-3-6)4-7(9)10(13)14/h4-6,12H,1-3H2,(H,13,14). The zero-order valence-corrected chi connectivity index (χ0v) is 7.60. The fourth-order valence-electron chi connectivity index (χ4n) is 1.56. The lowest BCUT2D eigenvalue weighted by molar-refractivity contribution is 0.0693. The Labute approximate surface area is 81.2 Å². The third-order valence-corrected chi connectivity index (χ3v) is 2.66. The van der Waals surface area contributed by atoms with Gasteiger partial charge < -0.3 is 10.2 Å². The third-order valence-electron chi connectivity index (χ3n) is 2.66. The van der Waals surface area contributed by atoms with Gasteiger partial charge in [-0.3, -0.25) is 4.98 Å². The fraction of sp³-hybridized carbons (Fsp3) is 0.400. The van der Waals surface area contributed by atoms with Crippen LogP contribution < -0.4 is 0 Å². The molecule has 0 aromatic carbocycles. The summed E-state index contributed by atoms with van der Waals surface area (Å²) in [7, 11) is 0. The van der Waals surface area contributed by atoms with Gasteiger partial charge in [-0.2, -0.15) is 0 Å². The molecule has 1 heterocycles. The van der Waals surface area contributed by atoms with Gasteiger partial charge in [0.2, 0.25) is 0 Å². The van der Waals surface area contributed by atoms with Crippen LogP contribution in [-0.2, 0) is 0 Å². The molecule has 0 radical (unpaired) electrons. The Balaban J connectivity index is 2.34. The second kappa shape index (κ2) is 3.29. The summed E-state index contributed by atoms with van der Waals surface area (Å²) in [4.78, 5) is 14.7. The average Bonchev–Trinajstić information content (AvgIpc) is 2.04. The molecule has 1 saturated carbocycles. The number of aromatic hydroxyl groups is 1. The smallest absolute Gasteiger partial charge is 0.339 e. The molecule has 1 aliphatic rings. The normalized spacial score (nSPS) is 16.3. The SMILES string of the molecule is O=C(O)c1cc(C2CCC2)ncc1O. The van der Waals surface area contributed by atoms with E-state index in [-0.39, 0.29) is 11.3 Å². The lowest BCUT2D eigenvalue weighted by Crippen LogP contribution is -2.11. The minimum atomic E-state index is -1.11. The first-order valence-electron chi connectivity index (χ1n) is 4.60. The first-order valence-corrected chi connectivity index (χ1v) is 4.60. The van der Waals surface area contributed by atoms with E-state index in [4.69, 9.17) is 5.11 Å². The molecule has 0 bridgehead atoms. The fourth-order valence-corrected chi connectivity index (χ4v) is 1.56. The maximum atomic E-state index is 10.7. The van der Waals surface area contributed by atoms with Crippen LogP contribution >= 0.6 is 0 Å². The summed E-state index contributed by atoms with van der Waals surface area (Å²) in [5.41, 5.74) is 0.730. The van der Waals surface area contributed by atoms with E-state index < -0.39 is 5.97 Å². The molecular weight excluding hydrogens is 182 g/mol. The van der Waals surface area contributed by atoms with Gasteiger partial charge in [0.25, 0.3) is 0 Å². The highest BCUT2D eigenvalue weighted by molar-refractivity contribution is 5.90. The van der Waals surface area contributed by atoms with E-state index in [2.05, 4.69) is 4.98 Å². The van der Waals surface area contributed by atoms with Gasteiger partial charge in [0.15, 0.2) is 0 Å². The van der Waals surface area contributed by atoms with Gasteiger partial charge in [-0.05, 0) is 18.9 Å². The molecule has 1 aromatic rings. The molecule has 2 rings (SSSR count). The van der Waals surface area contributed by atoms with Crippen LogP contribution in [0.2, 0.25) is 0 Å². The van der Waals surface area contributed by atoms with Crippen molar-refractivity contribution in [1.82, 2.24) is 4.98 Å². The quantitative estimate of drug-likeness (QED) is 0.750. The van der Waals surface area contributed by atoms with Crippen molar-refractivity contribution in [2.24, 2.45) is 0 Å². The zero-order chi connectivity index (χ0) is 10.1. The molecule has 2 N–H and O–H groups in total. The number of carbonyl (C=O) groups is 1. The molecule has 4 heteroatoms. The van der Waals surface area contributed by atoms with E-state index in [0.717, 1.165) is 18.5 Å². The summed E-state index contributed by atoms with van der Waals surface area (Å²) < 4.78 is 0. The number of carboxylic acids is 1. The van der Waals surface area contributed by atoms with Crippen LogP contribution in [0, 0.1) is 0 Å². The minimum absolute atomic E-state index is 0.0538. The number of nitrogens with zero attached hydrogens (tertiary/aromatic N) is 1. The van der Waals surface area contributed by atoms with Crippen molar-refractivity contribution in [1.29, 1.82) is 0 Å². The summed E-state index contributed by atoms with van der Waals surface area (Å²) in [6, 6.07) is 1.47. The molecule has 1 fully saturated rings. The van der Waals surface area contributed by atoms with Gasteiger partial charge in [0.05, 0.1) is 6.20 Å². The third kappa shape index (κ3) is 1.43. The van der Waals surface area contributed by atoms with Crippen LogP contribution in [0.4, 0.5) is 0 Å². The number of hydrogen-bond acceptors (Lipinski definition) is 3. The van der Waals surface area contributed by atoms with Gasteiger partial charge in [-0.1, -0.05) is 6.42 Å². The average molecular weight is 193 g/mol. The largest absolute Gasteiger partial charge is 0.505 e. The number of rotatable bonds is 2. The van der Waals surface area contributed by atoms with Crippen molar-refractivity contribution in [2.75, 3.05) is 0 Å². The summed E-state index contributed by atoms with van der Waals surface area (Å²) in [5, 5.41) is 18.0. The molecule has 0 saturated heterocycles. The molecule has 0 atom stereocenters. The number of pyridine rings is 1. The molecular formula is C10H11NO3. The Morgan fingerprint density at radius 2 is 2.21 bits per heavy atom. The van der Waals surface area contributed by atoms with Crippen molar-refractivity contribution in [3.8, 4) is 5.75 Å². The van der Waals surface area contributed by atoms with E-state index >= 15 is 0 Å². The van der Waals surface area contributed by atoms with Gasteiger partial charge in [-0.25, -0.2) is 4.79 Å². The van der Waals surface area contributed by atoms with E-state index in [1.165, 1.54) is 18.7 Å². The second-order valence-electron chi connectivity index (χ2n) is 3.56. The summed E-state index contributed by atoms with van der Waals surface area (Å²) >= 11 is 0. The second-order valence-corrected chi connectivity index (χ2v) is 3.56.